The number of aromatic nitrogens is 3. The number of H-pyrrole nitrogens is 1. The van der Waals surface area contributed by atoms with E-state index in [0.717, 1.165) is 6.54 Å². The highest BCUT2D eigenvalue weighted by Crippen LogP contribution is 2.25. The molecule has 160 valence electrons. The number of piperazine rings is 1. The lowest BCUT2D eigenvalue weighted by Gasteiger charge is -2.38. The standard InChI is InChI=1S/C22H23N5O4/c1-26-11-12-27(19(28)14-31-17-5-3-2-4-6-17)18(13-26)21-23-20(24-25-21)15-7-9-16(10-8-15)22(29)30/h2-10,18H,11-14H2,1H3,(H,29,30)(H,23,24,25). The van der Waals surface area contributed by atoms with E-state index in [9.17, 15) is 9.59 Å². The third-order valence-electron chi connectivity index (χ3n) is 5.22. The van der Waals surface area contributed by atoms with Crippen molar-refractivity contribution < 1.29 is 19.4 Å². The number of benzene rings is 2. The van der Waals surface area contributed by atoms with Crippen molar-refractivity contribution in [3.05, 3.63) is 66.0 Å². The molecule has 1 aromatic heterocycles. The average Bonchev–Trinajstić information content (AvgIpc) is 3.28. The Morgan fingerprint density at radius 1 is 1.13 bits per heavy atom. The van der Waals surface area contributed by atoms with Crippen molar-refractivity contribution in [3.63, 3.8) is 0 Å². The molecule has 3 aromatic rings. The first-order valence-corrected chi connectivity index (χ1v) is 9.93. The number of carbonyl (C=O) groups is 2. The summed E-state index contributed by atoms with van der Waals surface area (Å²) in [7, 11) is 2.00. The van der Waals surface area contributed by atoms with Crippen LogP contribution < -0.4 is 4.74 Å². The van der Waals surface area contributed by atoms with Crippen LogP contribution in [0, 0.1) is 0 Å². The first kappa shape index (κ1) is 20.5. The maximum atomic E-state index is 12.9. The van der Waals surface area contributed by atoms with Gasteiger partial charge in [0.1, 0.15) is 17.6 Å². The van der Waals surface area contributed by atoms with Crippen molar-refractivity contribution in [2.24, 2.45) is 0 Å². The number of carboxylic acid groups (broad SMARTS) is 1. The molecule has 31 heavy (non-hydrogen) atoms. The molecule has 2 heterocycles. The summed E-state index contributed by atoms with van der Waals surface area (Å²) >= 11 is 0. The fraction of sp³-hybridized carbons (Fsp3) is 0.273. The number of amides is 1. The molecule has 4 rings (SSSR count). The number of nitrogens with zero attached hydrogens (tertiary/aromatic N) is 4. The zero-order valence-electron chi connectivity index (χ0n) is 17.1. The van der Waals surface area contributed by atoms with Gasteiger partial charge >= 0.3 is 5.97 Å². The van der Waals surface area contributed by atoms with E-state index in [4.69, 9.17) is 9.84 Å². The van der Waals surface area contributed by atoms with Crippen molar-refractivity contribution in [3.8, 4) is 17.1 Å². The Balaban J connectivity index is 1.50. The molecule has 9 heteroatoms. The molecule has 2 N–H and O–H groups in total. The second kappa shape index (κ2) is 8.97. The van der Waals surface area contributed by atoms with Gasteiger partial charge in [0.05, 0.1) is 5.56 Å². The SMILES string of the molecule is CN1CCN(C(=O)COc2ccccc2)C(c2nc(-c3ccc(C(=O)O)cc3)n[nH]2)C1. The fourth-order valence-corrected chi connectivity index (χ4v) is 3.51. The van der Waals surface area contributed by atoms with Crippen LogP contribution in [0.4, 0.5) is 0 Å². The van der Waals surface area contributed by atoms with E-state index < -0.39 is 5.97 Å². The molecule has 9 nitrogen and oxygen atoms in total. The molecule has 0 saturated carbocycles. The fourth-order valence-electron chi connectivity index (χ4n) is 3.51. The molecule has 2 aromatic carbocycles. The topological polar surface area (TPSA) is 112 Å². The summed E-state index contributed by atoms with van der Waals surface area (Å²) in [6.07, 6.45) is 0. The van der Waals surface area contributed by atoms with E-state index in [1.807, 2.05) is 37.4 Å². The summed E-state index contributed by atoms with van der Waals surface area (Å²) in [5.41, 5.74) is 0.894. The summed E-state index contributed by atoms with van der Waals surface area (Å²) in [5, 5.41) is 16.3. The predicted molar refractivity (Wildman–Crippen MR) is 113 cm³/mol. The van der Waals surface area contributed by atoms with E-state index in [0.29, 0.717) is 36.1 Å². The molecule has 0 spiro atoms. The second-order valence-corrected chi connectivity index (χ2v) is 7.39. The molecule has 1 aliphatic rings. The quantitative estimate of drug-likeness (QED) is 0.627. The zero-order chi connectivity index (χ0) is 21.8. The molecular weight excluding hydrogens is 398 g/mol. The van der Waals surface area contributed by atoms with Gasteiger partial charge in [-0.15, -0.1) is 0 Å². The zero-order valence-corrected chi connectivity index (χ0v) is 17.1. The molecule has 0 aliphatic carbocycles. The third-order valence-corrected chi connectivity index (χ3v) is 5.22. The van der Waals surface area contributed by atoms with Gasteiger partial charge in [-0.05, 0) is 31.3 Å². The number of aromatic amines is 1. The Labute approximate surface area is 179 Å². The number of carbonyl (C=O) groups excluding carboxylic acids is 1. The molecular formula is C22H23N5O4. The molecule has 1 unspecified atom stereocenters. The lowest BCUT2D eigenvalue weighted by atomic mass is 10.1. The van der Waals surface area contributed by atoms with Crippen LogP contribution in [0.15, 0.2) is 54.6 Å². The van der Waals surface area contributed by atoms with Crippen LogP contribution in [0.2, 0.25) is 0 Å². The minimum Gasteiger partial charge on any atom is -0.484 e. The average molecular weight is 421 g/mol. The predicted octanol–water partition coefficient (Wildman–Crippen LogP) is 2.06. The number of ether oxygens (including phenoxy) is 1. The number of rotatable bonds is 6. The summed E-state index contributed by atoms with van der Waals surface area (Å²) in [5.74, 6) is 0.573. The number of likely N-dealkylation sites (N-methyl/N-ethyl adjacent to an activating group) is 1. The van der Waals surface area contributed by atoms with Crippen molar-refractivity contribution in [1.82, 2.24) is 25.0 Å². The lowest BCUT2D eigenvalue weighted by molar-refractivity contribution is -0.138. The maximum absolute atomic E-state index is 12.9. The van der Waals surface area contributed by atoms with Gasteiger partial charge < -0.3 is 19.6 Å². The van der Waals surface area contributed by atoms with E-state index in [2.05, 4.69) is 20.1 Å². The van der Waals surface area contributed by atoms with Gasteiger partial charge in [-0.1, -0.05) is 30.3 Å². The van der Waals surface area contributed by atoms with Crippen molar-refractivity contribution in [1.29, 1.82) is 0 Å². The molecule has 1 amide bonds. The van der Waals surface area contributed by atoms with Crippen LogP contribution >= 0.6 is 0 Å². The van der Waals surface area contributed by atoms with Gasteiger partial charge in [0.15, 0.2) is 12.4 Å². The van der Waals surface area contributed by atoms with Crippen LogP contribution in [-0.4, -0.2) is 75.3 Å². The minimum absolute atomic E-state index is 0.0537. The van der Waals surface area contributed by atoms with Gasteiger partial charge in [-0.2, -0.15) is 5.10 Å². The minimum atomic E-state index is -0.987. The van der Waals surface area contributed by atoms with E-state index in [1.165, 1.54) is 12.1 Å². The maximum Gasteiger partial charge on any atom is 0.335 e. The van der Waals surface area contributed by atoms with Crippen LogP contribution in [0.3, 0.4) is 0 Å². The van der Waals surface area contributed by atoms with Crippen LogP contribution in [0.1, 0.15) is 22.2 Å². The van der Waals surface area contributed by atoms with Crippen LogP contribution in [0.5, 0.6) is 5.75 Å². The largest absolute Gasteiger partial charge is 0.484 e. The van der Waals surface area contributed by atoms with Gasteiger partial charge in [0.25, 0.3) is 5.91 Å². The second-order valence-electron chi connectivity index (χ2n) is 7.39. The number of nitrogens with one attached hydrogen (secondary N) is 1. The Kier molecular flexibility index (Phi) is 5.94. The number of hydrogen-bond donors (Lipinski definition) is 2. The first-order chi connectivity index (χ1) is 15.0. The molecule has 0 bridgehead atoms. The summed E-state index contributed by atoms with van der Waals surface area (Å²) < 4.78 is 5.64. The van der Waals surface area contributed by atoms with Crippen molar-refractivity contribution in [2.75, 3.05) is 33.3 Å². The van der Waals surface area contributed by atoms with E-state index in [-0.39, 0.29) is 24.1 Å². The summed E-state index contributed by atoms with van der Waals surface area (Å²) in [6, 6.07) is 15.3. The lowest BCUT2D eigenvalue weighted by Crippen LogP contribution is -2.50. The van der Waals surface area contributed by atoms with Crippen LogP contribution in [0.25, 0.3) is 11.4 Å². The number of para-hydroxylation sites is 1. The third kappa shape index (κ3) is 4.72. The number of aromatic carboxylic acids is 1. The normalized spacial score (nSPS) is 16.8. The van der Waals surface area contributed by atoms with Gasteiger partial charge in [-0.25, -0.2) is 9.78 Å². The summed E-state index contributed by atoms with van der Waals surface area (Å²) in [6.45, 7) is 1.87. The molecule has 1 atom stereocenters. The van der Waals surface area contributed by atoms with Gasteiger partial charge in [-0.3, -0.25) is 9.89 Å². The Morgan fingerprint density at radius 2 is 1.87 bits per heavy atom. The van der Waals surface area contributed by atoms with Gasteiger partial charge in [0, 0.05) is 25.2 Å². The van der Waals surface area contributed by atoms with Crippen molar-refractivity contribution >= 4 is 11.9 Å². The Bertz CT molecular complexity index is 1050. The van der Waals surface area contributed by atoms with Crippen LogP contribution in [-0.2, 0) is 4.79 Å². The summed E-state index contributed by atoms with van der Waals surface area (Å²) in [4.78, 5) is 32.4. The Hall–Kier alpha value is -3.72. The smallest absolute Gasteiger partial charge is 0.335 e. The highest BCUT2D eigenvalue weighted by molar-refractivity contribution is 5.88. The highest BCUT2D eigenvalue weighted by atomic mass is 16.5. The van der Waals surface area contributed by atoms with E-state index >= 15 is 0 Å². The number of carboxylic acids is 1. The Morgan fingerprint density at radius 3 is 2.58 bits per heavy atom. The van der Waals surface area contributed by atoms with Gasteiger partial charge in [0.2, 0.25) is 0 Å². The monoisotopic (exact) mass is 421 g/mol. The number of hydrogen-bond acceptors (Lipinski definition) is 6. The van der Waals surface area contributed by atoms with Crippen molar-refractivity contribution in [2.45, 2.75) is 6.04 Å². The first-order valence-electron chi connectivity index (χ1n) is 9.93. The highest BCUT2D eigenvalue weighted by Gasteiger charge is 2.33. The molecule has 0 radical (unpaired) electrons. The van der Waals surface area contributed by atoms with E-state index in [1.54, 1.807) is 17.0 Å². The molecule has 1 fully saturated rings. The molecule has 1 saturated heterocycles. The molecule has 1 aliphatic heterocycles.